The van der Waals surface area contributed by atoms with Crippen LogP contribution in [0.3, 0.4) is 0 Å². The van der Waals surface area contributed by atoms with Crippen LogP contribution in [0.15, 0.2) is 33.6 Å². The molecule has 0 aliphatic rings. The van der Waals surface area contributed by atoms with Crippen molar-refractivity contribution in [3.05, 3.63) is 40.6 Å². The first-order valence-corrected chi connectivity index (χ1v) is 5.37. The van der Waals surface area contributed by atoms with Gasteiger partial charge in [-0.25, -0.2) is 4.79 Å². The normalized spacial score (nSPS) is 11.2. The average molecular weight is 245 g/mol. The number of nitrogens with two attached hydrogens (primary N) is 1. The lowest BCUT2D eigenvalue weighted by molar-refractivity contribution is 0.516. The second kappa shape index (κ2) is 3.73. The number of oxazole rings is 1. The zero-order valence-corrected chi connectivity index (χ0v) is 9.70. The van der Waals surface area contributed by atoms with Gasteiger partial charge in [-0.3, -0.25) is 9.25 Å². The third kappa shape index (κ3) is 1.65. The van der Waals surface area contributed by atoms with Gasteiger partial charge < -0.3 is 10.2 Å². The van der Waals surface area contributed by atoms with Crippen molar-refractivity contribution in [2.45, 2.75) is 6.54 Å². The summed E-state index contributed by atoms with van der Waals surface area (Å²) in [6.45, 7) is 0.309. The van der Waals surface area contributed by atoms with E-state index >= 15 is 0 Å². The van der Waals surface area contributed by atoms with E-state index in [0.29, 0.717) is 29.0 Å². The molecule has 0 aliphatic heterocycles. The minimum absolute atomic E-state index is 0.309. The van der Waals surface area contributed by atoms with Crippen LogP contribution in [0, 0.1) is 0 Å². The van der Waals surface area contributed by atoms with Gasteiger partial charge in [0.15, 0.2) is 5.58 Å². The fourth-order valence-corrected chi connectivity index (χ4v) is 1.86. The first kappa shape index (κ1) is 10.6. The molecule has 0 aliphatic carbocycles. The molecule has 0 amide bonds. The summed E-state index contributed by atoms with van der Waals surface area (Å²) in [6, 6.07) is 5.08. The number of nitrogens with zero attached hydrogens (tertiary/aromatic N) is 4. The van der Waals surface area contributed by atoms with Crippen LogP contribution in [-0.2, 0) is 13.6 Å². The van der Waals surface area contributed by atoms with Crippen molar-refractivity contribution in [2.75, 3.05) is 5.73 Å². The molecular formula is C11H11N5O2. The maximum atomic E-state index is 11.8. The minimum Gasteiger partial charge on any atom is -0.408 e. The van der Waals surface area contributed by atoms with E-state index < -0.39 is 5.76 Å². The highest BCUT2D eigenvalue weighted by Gasteiger charge is 2.11. The van der Waals surface area contributed by atoms with E-state index in [2.05, 4.69) is 10.3 Å². The van der Waals surface area contributed by atoms with Gasteiger partial charge in [0, 0.05) is 18.9 Å². The number of rotatable bonds is 2. The Hall–Kier alpha value is -2.57. The SMILES string of the molecule is Cn1cc(Cn2c(=O)oc3ccc(N)cc32)nn1. The van der Waals surface area contributed by atoms with Gasteiger partial charge in [-0.2, -0.15) is 0 Å². The van der Waals surface area contributed by atoms with Crippen LogP contribution in [0.25, 0.3) is 11.1 Å². The molecule has 0 radical (unpaired) electrons. The Morgan fingerprint density at radius 2 is 2.28 bits per heavy atom. The standard InChI is InChI=1S/C11H11N5O2/c1-15-5-8(13-14-15)6-16-9-4-7(12)2-3-10(9)18-11(16)17/h2-5H,6,12H2,1H3. The van der Waals surface area contributed by atoms with Crippen LogP contribution in [0.5, 0.6) is 0 Å². The fraction of sp³-hybridized carbons (Fsp3) is 0.182. The molecule has 1 aromatic carbocycles. The predicted octanol–water partition coefficient (Wildman–Crippen LogP) is 0.354. The van der Waals surface area contributed by atoms with Crippen LogP contribution in [0.1, 0.15) is 5.69 Å². The second-order valence-electron chi connectivity index (χ2n) is 4.06. The Morgan fingerprint density at radius 3 is 3.00 bits per heavy atom. The number of nitrogen functional groups attached to an aromatic ring is 1. The highest BCUT2D eigenvalue weighted by molar-refractivity contribution is 5.77. The van der Waals surface area contributed by atoms with Crippen molar-refractivity contribution < 1.29 is 4.42 Å². The third-order valence-corrected chi connectivity index (χ3v) is 2.66. The maximum Gasteiger partial charge on any atom is 0.420 e. The quantitative estimate of drug-likeness (QED) is 0.658. The van der Waals surface area contributed by atoms with Gasteiger partial charge in [-0.05, 0) is 18.2 Å². The van der Waals surface area contributed by atoms with Crippen molar-refractivity contribution in [1.82, 2.24) is 19.6 Å². The molecule has 0 atom stereocenters. The summed E-state index contributed by atoms with van der Waals surface area (Å²) < 4.78 is 8.19. The Morgan fingerprint density at radius 1 is 1.44 bits per heavy atom. The van der Waals surface area contributed by atoms with Gasteiger partial charge in [0.25, 0.3) is 0 Å². The number of anilines is 1. The molecule has 0 bridgehead atoms. The van der Waals surface area contributed by atoms with Crippen LogP contribution < -0.4 is 11.5 Å². The summed E-state index contributed by atoms with van der Waals surface area (Å²) in [5.41, 5.74) is 8.15. The third-order valence-electron chi connectivity index (χ3n) is 2.66. The lowest BCUT2D eigenvalue weighted by Crippen LogP contribution is -2.15. The Bertz CT molecular complexity index is 767. The summed E-state index contributed by atoms with van der Waals surface area (Å²) in [4.78, 5) is 11.8. The lowest BCUT2D eigenvalue weighted by Gasteiger charge is -1.98. The molecule has 2 aromatic heterocycles. The summed E-state index contributed by atoms with van der Waals surface area (Å²) in [5, 5.41) is 7.76. The van der Waals surface area contributed by atoms with E-state index in [1.165, 1.54) is 4.57 Å². The van der Waals surface area contributed by atoms with E-state index in [1.54, 1.807) is 36.1 Å². The molecule has 92 valence electrons. The largest absolute Gasteiger partial charge is 0.420 e. The first-order chi connectivity index (χ1) is 8.63. The predicted molar refractivity (Wildman–Crippen MR) is 65.0 cm³/mol. The first-order valence-electron chi connectivity index (χ1n) is 5.37. The molecule has 0 saturated carbocycles. The average Bonchev–Trinajstić information content (AvgIpc) is 2.86. The molecule has 18 heavy (non-hydrogen) atoms. The van der Waals surface area contributed by atoms with Crippen LogP contribution in [-0.4, -0.2) is 19.6 Å². The van der Waals surface area contributed by atoms with Crippen molar-refractivity contribution in [3.8, 4) is 0 Å². The van der Waals surface area contributed by atoms with Gasteiger partial charge in [-0.1, -0.05) is 5.21 Å². The highest BCUT2D eigenvalue weighted by Crippen LogP contribution is 2.16. The van der Waals surface area contributed by atoms with Crippen molar-refractivity contribution in [3.63, 3.8) is 0 Å². The zero-order valence-electron chi connectivity index (χ0n) is 9.70. The summed E-state index contributed by atoms with van der Waals surface area (Å²) >= 11 is 0. The number of aryl methyl sites for hydroxylation is 1. The van der Waals surface area contributed by atoms with Gasteiger partial charge in [0.05, 0.1) is 12.1 Å². The Balaban J connectivity index is 2.13. The zero-order chi connectivity index (χ0) is 12.7. The maximum absolute atomic E-state index is 11.8. The molecule has 2 heterocycles. The van der Waals surface area contributed by atoms with Crippen molar-refractivity contribution >= 4 is 16.8 Å². The number of aromatic nitrogens is 4. The van der Waals surface area contributed by atoms with Gasteiger partial charge in [0.1, 0.15) is 5.69 Å². The number of fused-ring (bicyclic) bond motifs is 1. The van der Waals surface area contributed by atoms with E-state index in [1.807, 2.05) is 0 Å². The molecule has 0 fully saturated rings. The van der Waals surface area contributed by atoms with Gasteiger partial charge in [-0.15, -0.1) is 5.10 Å². The molecule has 3 aromatic rings. The monoisotopic (exact) mass is 245 g/mol. The number of hydrogen-bond donors (Lipinski definition) is 1. The Labute approximate surface area is 101 Å². The van der Waals surface area contributed by atoms with E-state index in [-0.39, 0.29) is 0 Å². The molecular weight excluding hydrogens is 234 g/mol. The van der Waals surface area contributed by atoms with Crippen LogP contribution >= 0.6 is 0 Å². The summed E-state index contributed by atoms with van der Waals surface area (Å²) in [6.07, 6.45) is 1.75. The minimum atomic E-state index is -0.429. The lowest BCUT2D eigenvalue weighted by atomic mass is 10.3. The fourth-order valence-electron chi connectivity index (χ4n) is 1.86. The number of hydrogen-bond acceptors (Lipinski definition) is 5. The van der Waals surface area contributed by atoms with Gasteiger partial charge >= 0.3 is 5.76 Å². The number of benzene rings is 1. The Kier molecular flexibility index (Phi) is 2.19. The van der Waals surface area contributed by atoms with Crippen molar-refractivity contribution in [1.29, 1.82) is 0 Å². The molecule has 2 N–H and O–H groups in total. The smallest absolute Gasteiger partial charge is 0.408 e. The molecule has 3 rings (SSSR count). The van der Waals surface area contributed by atoms with E-state index in [9.17, 15) is 4.79 Å². The van der Waals surface area contributed by atoms with E-state index in [4.69, 9.17) is 10.2 Å². The summed E-state index contributed by atoms with van der Waals surface area (Å²) in [7, 11) is 1.77. The highest BCUT2D eigenvalue weighted by atomic mass is 16.4. The second-order valence-corrected chi connectivity index (χ2v) is 4.06. The molecule has 7 heteroatoms. The van der Waals surface area contributed by atoms with Crippen LogP contribution in [0.4, 0.5) is 5.69 Å². The molecule has 0 unspecified atom stereocenters. The molecule has 0 saturated heterocycles. The molecule has 7 nitrogen and oxygen atoms in total. The summed E-state index contributed by atoms with van der Waals surface area (Å²) in [5.74, 6) is -0.429. The molecule has 0 spiro atoms. The van der Waals surface area contributed by atoms with Gasteiger partial charge in [0.2, 0.25) is 0 Å². The van der Waals surface area contributed by atoms with Crippen LogP contribution in [0.2, 0.25) is 0 Å². The topological polar surface area (TPSA) is 91.9 Å². The van der Waals surface area contributed by atoms with E-state index in [0.717, 1.165) is 0 Å². The van der Waals surface area contributed by atoms with Crippen molar-refractivity contribution in [2.24, 2.45) is 7.05 Å².